The van der Waals surface area contributed by atoms with Crippen LogP contribution in [-0.2, 0) is 17.9 Å². The van der Waals surface area contributed by atoms with Gasteiger partial charge in [-0.3, -0.25) is 9.36 Å². The number of rotatable bonds is 9. The predicted octanol–water partition coefficient (Wildman–Crippen LogP) is 4.20. The summed E-state index contributed by atoms with van der Waals surface area (Å²) >= 11 is 7.48. The van der Waals surface area contributed by atoms with E-state index in [2.05, 4.69) is 22.1 Å². The number of hydrogen-bond acceptors (Lipinski definition) is 5. The Hall–Kier alpha value is -2.77. The highest BCUT2D eigenvalue weighted by Crippen LogP contribution is 2.33. The van der Waals surface area contributed by atoms with Crippen molar-refractivity contribution < 1.29 is 9.53 Å². The van der Waals surface area contributed by atoms with Gasteiger partial charge in [-0.05, 0) is 23.8 Å². The van der Waals surface area contributed by atoms with Gasteiger partial charge in [0.1, 0.15) is 5.75 Å². The molecule has 0 atom stereocenters. The van der Waals surface area contributed by atoms with Gasteiger partial charge in [0.2, 0.25) is 5.91 Å². The van der Waals surface area contributed by atoms with E-state index in [0.717, 1.165) is 11.1 Å². The molecule has 150 valence electrons. The molecular weight excluding hydrogens is 408 g/mol. The van der Waals surface area contributed by atoms with Crippen LogP contribution in [-0.4, -0.2) is 33.5 Å². The van der Waals surface area contributed by atoms with E-state index in [-0.39, 0.29) is 11.7 Å². The molecule has 1 aromatic heterocycles. The van der Waals surface area contributed by atoms with Crippen molar-refractivity contribution in [3.63, 3.8) is 0 Å². The fourth-order valence-corrected chi connectivity index (χ4v) is 3.67. The number of carbonyl (C=O) groups is 1. The molecule has 0 fully saturated rings. The van der Waals surface area contributed by atoms with Crippen molar-refractivity contribution in [3.8, 4) is 17.1 Å². The lowest BCUT2D eigenvalue weighted by molar-refractivity contribution is -0.118. The quantitative estimate of drug-likeness (QED) is 0.408. The van der Waals surface area contributed by atoms with E-state index in [1.165, 1.54) is 11.8 Å². The Labute approximate surface area is 178 Å². The van der Waals surface area contributed by atoms with Gasteiger partial charge in [-0.2, -0.15) is 0 Å². The van der Waals surface area contributed by atoms with Gasteiger partial charge in [-0.15, -0.1) is 16.8 Å². The SMILES string of the molecule is C=CCn1c(SCC(=O)NCc2ccccc2)nnc1-c1cc(Cl)ccc1OC. The number of nitrogens with zero attached hydrogens (tertiary/aromatic N) is 3. The largest absolute Gasteiger partial charge is 0.496 e. The van der Waals surface area contributed by atoms with Crippen molar-refractivity contribution in [1.29, 1.82) is 0 Å². The summed E-state index contributed by atoms with van der Waals surface area (Å²) in [6.45, 7) is 4.79. The average molecular weight is 429 g/mol. The number of halogens is 1. The van der Waals surface area contributed by atoms with Crippen LogP contribution in [0.25, 0.3) is 11.4 Å². The number of carbonyl (C=O) groups excluding carboxylic acids is 1. The Balaban J connectivity index is 1.73. The van der Waals surface area contributed by atoms with Gasteiger partial charge >= 0.3 is 0 Å². The Morgan fingerprint density at radius 1 is 1.28 bits per heavy atom. The molecule has 0 aliphatic carbocycles. The molecule has 0 aliphatic rings. The lowest BCUT2D eigenvalue weighted by Gasteiger charge is -2.11. The maximum absolute atomic E-state index is 12.2. The Kier molecular flexibility index (Phi) is 7.32. The van der Waals surface area contributed by atoms with Crippen molar-refractivity contribution in [2.24, 2.45) is 0 Å². The lowest BCUT2D eigenvalue weighted by atomic mass is 10.2. The minimum Gasteiger partial charge on any atom is -0.496 e. The molecule has 6 nitrogen and oxygen atoms in total. The molecule has 0 spiro atoms. The molecule has 0 radical (unpaired) electrons. The number of hydrogen-bond donors (Lipinski definition) is 1. The van der Waals surface area contributed by atoms with Gasteiger partial charge in [-0.1, -0.05) is 59.8 Å². The van der Waals surface area contributed by atoms with Crippen LogP contribution in [0.4, 0.5) is 0 Å². The van der Waals surface area contributed by atoms with Crippen LogP contribution >= 0.6 is 23.4 Å². The van der Waals surface area contributed by atoms with Gasteiger partial charge in [0, 0.05) is 18.1 Å². The first-order chi connectivity index (χ1) is 14.1. The van der Waals surface area contributed by atoms with Crippen LogP contribution in [0.15, 0.2) is 66.3 Å². The number of aromatic nitrogens is 3. The zero-order chi connectivity index (χ0) is 20.6. The van der Waals surface area contributed by atoms with Crippen LogP contribution in [0.3, 0.4) is 0 Å². The topological polar surface area (TPSA) is 69.0 Å². The second-order valence-electron chi connectivity index (χ2n) is 6.10. The third kappa shape index (κ3) is 5.40. The standard InChI is InChI=1S/C21H21ClN4O2S/c1-3-11-26-20(17-12-16(22)9-10-18(17)28-2)24-25-21(26)29-14-19(27)23-13-15-7-5-4-6-8-15/h3-10,12H,1,11,13-14H2,2H3,(H,23,27). The van der Waals surface area contributed by atoms with E-state index >= 15 is 0 Å². The minimum absolute atomic E-state index is 0.0751. The molecule has 1 N–H and O–H groups in total. The molecule has 2 aromatic carbocycles. The zero-order valence-corrected chi connectivity index (χ0v) is 17.5. The maximum atomic E-state index is 12.2. The number of ether oxygens (including phenoxy) is 1. The molecule has 0 aliphatic heterocycles. The molecule has 0 bridgehead atoms. The molecule has 0 unspecified atom stereocenters. The van der Waals surface area contributed by atoms with Gasteiger partial charge in [-0.25, -0.2) is 0 Å². The van der Waals surface area contributed by atoms with Gasteiger partial charge in [0.15, 0.2) is 11.0 Å². The summed E-state index contributed by atoms with van der Waals surface area (Å²) in [5.41, 5.74) is 1.78. The first-order valence-electron chi connectivity index (χ1n) is 8.93. The predicted molar refractivity (Wildman–Crippen MR) is 116 cm³/mol. The highest BCUT2D eigenvalue weighted by Gasteiger charge is 2.18. The molecule has 29 heavy (non-hydrogen) atoms. The van der Waals surface area contributed by atoms with Gasteiger partial charge in [0.05, 0.1) is 18.4 Å². The smallest absolute Gasteiger partial charge is 0.230 e. The number of amides is 1. The second-order valence-corrected chi connectivity index (χ2v) is 7.48. The van der Waals surface area contributed by atoms with E-state index < -0.39 is 0 Å². The summed E-state index contributed by atoms with van der Waals surface area (Å²) in [6.07, 6.45) is 1.75. The van der Waals surface area contributed by atoms with E-state index in [1.807, 2.05) is 34.9 Å². The normalized spacial score (nSPS) is 10.6. The molecule has 1 heterocycles. The van der Waals surface area contributed by atoms with E-state index in [1.54, 1.807) is 31.4 Å². The van der Waals surface area contributed by atoms with E-state index in [9.17, 15) is 4.79 Å². The second kappa shape index (κ2) is 10.1. The van der Waals surface area contributed by atoms with E-state index in [0.29, 0.717) is 34.8 Å². The highest BCUT2D eigenvalue weighted by atomic mass is 35.5. The molecule has 8 heteroatoms. The first kappa shape index (κ1) is 21.0. The van der Waals surface area contributed by atoms with Crippen molar-refractivity contribution in [2.45, 2.75) is 18.2 Å². The van der Waals surface area contributed by atoms with Crippen LogP contribution in [0.5, 0.6) is 5.75 Å². The van der Waals surface area contributed by atoms with Crippen LogP contribution < -0.4 is 10.1 Å². The monoisotopic (exact) mass is 428 g/mol. The third-order valence-electron chi connectivity index (χ3n) is 4.10. The Morgan fingerprint density at radius 3 is 2.79 bits per heavy atom. The summed E-state index contributed by atoms with van der Waals surface area (Å²) < 4.78 is 7.32. The van der Waals surface area contributed by atoms with Crippen molar-refractivity contribution >= 4 is 29.3 Å². The summed E-state index contributed by atoms with van der Waals surface area (Å²) in [4.78, 5) is 12.2. The number of thioether (sulfide) groups is 1. The molecule has 1 amide bonds. The fraction of sp³-hybridized carbons (Fsp3) is 0.190. The third-order valence-corrected chi connectivity index (χ3v) is 5.30. The zero-order valence-electron chi connectivity index (χ0n) is 16.0. The molecule has 3 rings (SSSR count). The molecule has 3 aromatic rings. The van der Waals surface area contributed by atoms with Gasteiger partial charge in [0.25, 0.3) is 0 Å². The summed E-state index contributed by atoms with van der Waals surface area (Å²) in [5, 5.41) is 12.7. The van der Waals surface area contributed by atoms with Crippen molar-refractivity contribution in [2.75, 3.05) is 12.9 Å². The summed E-state index contributed by atoms with van der Waals surface area (Å²) in [7, 11) is 1.59. The van der Waals surface area contributed by atoms with E-state index in [4.69, 9.17) is 16.3 Å². The number of methoxy groups -OCH3 is 1. The minimum atomic E-state index is -0.0751. The highest BCUT2D eigenvalue weighted by molar-refractivity contribution is 7.99. The molecule has 0 saturated heterocycles. The summed E-state index contributed by atoms with van der Waals surface area (Å²) in [5.74, 6) is 1.41. The fourth-order valence-electron chi connectivity index (χ4n) is 2.72. The first-order valence-corrected chi connectivity index (χ1v) is 10.3. The number of allylic oxidation sites excluding steroid dienone is 1. The molecular formula is C21H21ClN4O2S. The van der Waals surface area contributed by atoms with Crippen LogP contribution in [0.1, 0.15) is 5.56 Å². The Morgan fingerprint density at radius 2 is 2.07 bits per heavy atom. The maximum Gasteiger partial charge on any atom is 0.230 e. The van der Waals surface area contributed by atoms with Crippen molar-refractivity contribution in [3.05, 3.63) is 71.8 Å². The number of benzene rings is 2. The average Bonchev–Trinajstić information content (AvgIpc) is 3.14. The van der Waals surface area contributed by atoms with Crippen LogP contribution in [0.2, 0.25) is 5.02 Å². The molecule has 0 saturated carbocycles. The summed E-state index contributed by atoms with van der Waals surface area (Å²) in [6, 6.07) is 15.1. The van der Waals surface area contributed by atoms with Crippen molar-refractivity contribution in [1.82, 2.24) is 20.1 Å². The lowest BCUT2D eigenvalue weighted by Crippen LogP contribution is -2.24. The number of nitrogens with one attached hydrogen (secondary N) is 1. The Bertz CT molecular complexity index is 992. The van der Waals surface area contributed by atoms with Gasteiger partial charge < -0.3 is 10.1 Å². The van der Waals surface area contributed by atoms with Crippen LogP contribution in [0, 0.1) is 0 Å².